The molecule has 0 aliphatic rings. The highest BCUT2D eigenvalue weighted by Crippen LogP contribution is 2.05. The molecule has 0 unspecified atom stereocenters. The minimum absolute atomic E-state index is 0.132. The summed E-state index contributed by atoms with van der Waals surface area (Å²) in [5.41, 5.74) is 0.420. The lowest BCUT2D eigenvalue weighted by atomic mass is 10.2. The number of rotatable bonds is 9. The normalized spacial score (nSPS) is 10.2. The Labute approximate surface area is 115 Å². The van der Waals surface area contributed by atoms with E-state index in [0.29, 0.717) is 18.1 Å². The van der Waals surface area contributed by atoms with Gasteiger partial charge in [-0.25, -0.2) is 9.97 Å². The predicted octanol–water partition coefficient (Wildman–Crippen LogP) is 2.61. The summed E-state index contributed by atoms with van der Waals surface area (Å²) in [6, 6.07) is 1.70. The van der Waals surface area contributed by atoms with Crippen molar-refractivity contribution < 1.29 is 4.79 Å². The Morgan fingerprint density at radius 2 is 1.89 bits per heavy atom. The summed E-state index contributed by atoms with van der Waals surface area (Å²) >= 11 is 0. The van der Waals surface area contributed by atoms with Crippen LogP contribution in [0.2, 0.25) is 0 Å². The van der Waals surface area contributed by atoms with Crippen LogP contribution in [0.15, 0.2) is 12.4 Å². The zero-order chi connectivity index (χ0) is 13.9. The molecule has 0 aliphatic heterocycles. The van der Waals surface area contributed by atoms with Crippen LogP contribution in [-0.4, -0.2) is 29.0 Å². The minimum Gasteiger partial charge on any atom is -0.370 e. The Kier molecular flexibility index (Phi) is 7.54. The molecule has 19 heavy (non-hydrogen) atoms. The Hall–Kier alpha value is -1.65. The average Bonchev–Trinajstić information content (AvgIpc) is 2.44. The molecule has 1 heterocycles. The Bertz CT molecular complexity index is 381. The van der Waals surface area contributed by atoms with Gasteiger partial charge in [-0.05, 0) is 12.8 Å². The summed E-state index contributed by atoms with van der Waals surface area (Å²) in [4.78, 5) is 19.9. The molecule has 1 rings (SSSR count). The first-order valence-electron chi connectivity index (χ1n) is 7.12. The maximum Gasteiger partial charge on any atom is 0.270 e. The zero-order valence-corrected chi connectivity index (χ0v) is 11.9. The molecule has 0 aromatic carbocycles. The van der Waals surface area contributed by atoms with Gasteiger partial charge in [0.15, 0.2) is 0 Å². The molecule has 0 aliphatic carbocycles. The van der Waals surface area contributed by atoms with Crippen LogP contribution in [0.4, 0.5) is 5.82 Å². The van der Waals surface area contributed by atoms with E-state index in [1.54, 1.807) is 6.07 Å². The fraction of sp³-hybridized carbons (Fsp3) is 0.643. The number of nitrogens with zero attached hydrogens (tertiary/aromatic N) is 2. The SMILES string of the molecule is CCCCCNc1cc(C(=O)NCCCC)ncn1. The van der Waals surface area contributed by atoms with Gasteiger partial charge < -0.3 is 10.6 Å². The van der Waals surface area contributed by atoms with E-state index in [4.69, 9.17) is 0 Å². The lowest BCUT2D eigenvalue weighted by molar-refractivity contribution is 0.0948. The highest BCUT2D eigenvalue weighted by atomic mass is 16.1. The lowest BCUT2D eigenvalue weighted by Gasteiger charge is -2.07. The van der Waals surface area contributed by atoms with Gasteiger partial charge in [0.2, 0.25) is 0 Å². The third kappa shape index (κ3) is 6.18. The van der Waals surface area contributed by atoms with E-state index in [9.17, 15) is 4.79 Å². The molecule has 0 saturated carbocycles. The van der Waals surface area contributed by atoms with Crippen LogP contribution in [0.1, 0.15) is 56.4 Å². The standard InChI is InChI=1S/C14H24N4O/c1-3-5-7-9-15-13-10-12(17-11-18-13)14(19)16-8-6-4-2/h10-11H,3-9H2,1-2H3,(H,16,19)(H,15,17,18). The second-order valence-corrected chi connectivity index (χ2v) is 4.53. The van der Waals surface area contributed by atoms with E-state index in [1.165, 1.54) is 19.2 Å². The van der Waals surface area contributed by atoms with Gasteiger partial charge in [-0.15, -0.1) is 0 Å². The number of amides is 1. The highest BCUT2D eigenvalue weighted by molar-refractivity contribution is 5.92. The number of aromatic nitrogens is 2. The van der Waals surface area contributed by atoms with Crippen molar-refractivity contribution in [3.05, 3.63) is 18.1 Å². The number of nitrogens with one attached hydrogen (secondary N) is 2. The molecular formula is C14H24N4O. The molecule has 0 bridgehead atoms. The summed E-state index contributed by atoms with van der Waals surface area (Å²) in [7, 11) is 0. The average molecular weight is 264 g/mol. The van der Waals surface area contributed by atoms with Gasteiger partial charge in [-0.2, -0.15) is 0 Å². The highest BCUT2D eigenvalue weighted by Gasteiger charge is 2.07. The van der Waals surface area contributed by atoms with Crippen LogP contribution < -0.4 is 10.6 Å². The Balaban J connectivity index is 2.44. The van der Waals surface area contributed by atoms with Crippen molar-refractivity contribution in [2.75, 3.05) is 18.4 Å². The van der Waals surface area contributed by atoms with Gasteiger partial charge in [-0.1, -0.05) is 33.1 Å². The van der Waals surface area contributed by atoms with Crippen molar-refractivity contribution in [2.45, 2.75) is 46.0 Å². The number of hydrogen-bond donors (Lipinski definition) is 2. The molecule has 1 amide bonds. The van der Waals surface area contributed by atoms with Gasteiger partial charge in [0.1, 0.15) is 17.8 Å². The first-order chi connectivity index (χ1) is 9.27. The minimum atomic E-state index is -0.132. The topological polar surface area (TPSA) is 66.9 Å². The first-order valence-corrected chi connectivity index (χ1v) is 7.12. The summed E-state index contributed by atoms with van der Waals surface area (Å²) in [5.74, 6) is 0.583. The fourth-order valence-electron chi connectivity index (χ4n) is 1.64. The van der Waals surface area contributed by atoms with E-state index in [0.717, 1.165) is 25.8 Å². The van der Waals surface area contributed by atoms with Crippen molar-refractivity contribution >= 4 is 11.7 Å². The monoisotopic (exact) mass is 264 g/mol. The summed E-state index contributed by atoms with van der Waals surface area (Å²) in [5, 5.41) is 6.06. The van der Waals surface area contributed by atoms with Crippen molar-refractivity contribution in [1.82, 2.24) is 15.3 Å². The molecule has 1 aromatic heterocycles. The van der Waals surface area contributed by atoms with Crippen molar-refractivity contribution in [1.29, 1.82) is 0 Å². The number of hydrogen-bond acceptors (Lipinski definition) is 4. The van der Waals surface area contributed by atoms with Gasteiger partial charge in [0, 0.05) is 19.2 Å². The molecule has 0 spiro atoms. The third-order valence-electron chi connectivity index (χ3n) is 2.80. The molecular weight excluding hydrogens is 240 g/mol. The molecule has 0 saturated heterocycles. The zero-order valence-electron chi connectivity index (χ0n) is 11.9. The smallest absolute Gasteiger partial charge is 0.270 e. The number of carbonyl (C=O) groups excluding carboxylic acids is 1. The maximum absolute atomic E-state index is 11.8. The van der Waals surface area contributed by atoms with Crippen molar-refractivity contribution in [2.24, 2.45) is 0 Å². The number of carbonyl (C=O) groups is 1. The van der Waals surface area contributed by atoms with Crippen LogP contribution >= 0.6 is 0 Å². The van der Waals surface area contributed by atoms with Crippen LogP contribution in [0.5, 0.6) is 0 Å². The van der Waals surface area contributed by atoms with E-state index in [1.807, 2.05) is 0 Å². The molecule has 106 valence electrons. The third-order valence-corrected chi connectivity index (χ3v) is 2.80. The summed E-state index contributed by atoms with van der Waals surface area (Å²) < 4.78 is 0. The Morgan fingerprint density at radius 3 is 2.63 bits per heavy atom. The molecule has 5 nitrogen and oxygen atoms in total. The lowest BCUT2D eigenvalue weighted by Crippen LogP contribution is -2.25. The van der Waals surface area contributed by atoms with Crippen LogP contribution in [-0.2, 0) is 0 Å². The van der Waals surface area contributed by atoms with Crippen LogP contribution in [0.3, 0.4) is 0 Å². The van der Waals surface area contributed by atoms with Gasteiger partial charge >= 0.3 is 0 Å². The second kappa shape index (κ2) is 9.30. The quantitative estimate of drug-likeness (QED) is 0.673. The van der Waals surface area contributed by atoms with E-state index >= 15 is 0 Å². The van der Waals surface area contributed by atoms with Gasteiger partial charge in [0.05, 0.1) is 0 Å². The number of anilines is 1. The molecule has 0 fully saturated rings. The van der Waals surface area contributed by atoms with E-state index < -0.39 is 0 Å². The molecule has 2 N–H and O–H groups in total. The van der Waals surface area contributed by atoms with E-state index in [-0.39, 0.29) is 5.91 Å². The largest absolute Gasteiger partial charge is 0.370 e. The van der Waals surface area contributed by atoms with Crippen molar-refractivity contribution in [3.8, 4) is 0 Å². The van der Waals surface area contributed by atoms with Crippen LogP contribution in [0.25, 0.3) is 0 Å². The van der Waals surface area contributed by atoms with Gasteiger partial charge in [-0.3, -0.25) is 4.79 Å². The number of unbranched alkanes of at least 4 members (excludes halogenated alkanes) is 3. The van der Waals surface area contributed by atoms with Crippen LogP contribution in [0, 0.1) is 0 Å². The fourth-order valence-corrected chi connectivity index (χ4v) is 1.64. The van der Waals surface area contributed by atoms with Gasteiger partial charge in [0.25, 0.3) is 5.91 Å². The molecule has 0 radical (unpaired) electrons. The molecule has 0 atom stereocenters. The molecule has 5 heteroatoms. The van der Waals surface area contributed by atoms with E-state index in [2.05, 4.69) is 34.4 Å². The molecule has 1 aromatic rings. The second-order valence-electron chi connectivity index (χ2n) is 4.53. The Morgan fingerprint density at radius 1 is 1.11 bits per heavy atom. The predicted molar refractivity (Wildman–Crippen MR) is 77.3 cm³/mol. The summed E-state index contributed by atoms with van der Waals surface area (Å²) in [6.45, 7) is 5.83. The summed E-state index contributed by atoms with van der Waals surface area (Å²) in [6.07, 6.45) is 6.97. The maximum atomic E-state index is 11.8. The van der Waals surface area contributed by atoms with Crippen molar-refractivity contribution in [3.63, 3.8) is 0 Å². The first kappa shape index (κ1) is 15.4.